The van der Waals surface area contributed by atoms with Crippen LogP contribution in [0.2, 0.25) is 0 Å². The lowest BCUT2D eigenvalue weighted by atomic mass is 10.0. The second kappa shape index (κ2) is 66.6. The number of amides is 1. The van der Waals surface area contributed by atoms with Crippen molar-refractivity contribution in [1.29, 1.82) is 0 Å². The zero-order valence-electron chi connectivity index (χ0n) is 50.8. The average Bonchev–Trinajstić information content (AvgIpc) is 3.42. The van der Waals surface area contributed by atoms with Crippen LogP contribution in [0.1, 0.15) is 335 Å². The van der Waals surface area contributed by atoms with Crippen LogP contribution in [-0.2, 0) is 4.79 Å². The Balaban J connectivity index is 3.47. The Morgan fingerprint density at radius 1 is 0.329 bits per heavy atom. The van der Waals surface area contributed by atoms with Crippen LogP contribution in [-0.4, -0.2) is 34.9 Å². The second-order valence-corrected chi connectivity index (χ2v) is 22.5. The summed E-state index contributed by atoms with van der Waals surface area (Å²) < 4.78 is 0. The first-order valence-corrected chi connectivity index (χ1v) is 33.5. The highest BCUT2D eigenvalue weighted by Gasteiger charge is 2.18. The van der Waals surface area contributed by atoms with Gasteiger partial charge in [0.25, 0.3) is 0 Å². The van der Waals surface area contributed by atoms with E-state index in [0.29, 0.717) is 6.42 Å². The van der Waals surface area contributed by atoms with Gasteiger partial charge in [0.15, 0.2) is 0 Å². The highest BCUT2D eigenvalue weighted by Crippen LogP contribution is 2.18. The molecular formula is C72H129NO3. The number of unbranched alkanes of at least 4 members (excludes halogenated alkanes) is 40. The maximum absolute atomic E-state index is 12.5. The van der Waals surface area contributed by atoms with Crippen molar-refractivity contribution in [3.63, 3.8) is 0 Å². The number of nitrogens with one attached hydrogen (secondary N) is 1. The summed E-state index contributed by atoms with van der Waals surface area (Å²) in [6.45, 7) is 4.20. The van der Waals surface area contributed by atoms with Crippen LogP contribution in [0.4, 0.5) is 0 Å². The van der Waals surface area contributed by atoms with E-state index >= 15 is 0 Å². The first-order chi connectivity index (χ1) is 37.7. The Bertz CT molecular complexity index is 1380. The van der Waals surface area contributed by atoms with Crippen molar-refractivity contribution < 1.29 is 15.0 Å². The summed E-state index contributed by atoms with van der Waals surface area (Å²) in [6, 6.07) is -0.649. The minimum Gasteiger partial charge on any atom is -0.394 e. The van der Waals surface area contributed by atoms with Gasteiger partial charge in [0.05, 0.1) is 18.8 Å². The summed E-state index contributed by atoms with van der Waals surface area (Å²) in [7, 11) is 0. The van der Waals surface area contributed by atoms with Gasteiger partial charge in [-0.1, -0.05) is 336 Å². The molecule has 4 heteroatoms. The third kappa shape index (κ3) is 62.2. The predicted octanol–water partition coefficient (Wildman–Crippen LogP) is 22.8. The molecule has 0 aromatic rings. The van der Waals surface area contributed by atoms with Gasteiger partial charge in [-0.25, -0.2) is 0 Å². The molecule has 0 rings (SSSR count). The van der Waals surface area contributed by atoms with E-state index in [1.165, 1.54) is 244 Å². The zero-order valence-corrected chi connectivity index (χ0v) is 50.8. The Morgan fingerprint density at radius 3 is 0.921 bits per heavy atom. The van der Waals surface area contributed by atoms with Gasteiger partial charge in [0, 0.05) is 6.42 Å². The summed E-state index contributed by atoms with van der Waals surface area (Å²) in [5, 5.41) is 23.2. The predicted molar refractivity (Wildman–Crippen MR) is 340 cm³/mol. The minimum atomic E-state index is -0.873. The lowest BCUT2D eigenvalue weighted by Crippen LogP contribution is -2.45. The molecule has 0 bridgehead atoms. The zero-order chi connectivity index (χ0) is 54.8. The standard InChI is InChI=1S/C72H129NO3/c1-3-5-7-9-11-13-15-17-19-21-23-25-27-28-29-30-31-32-33-34-35-36-37-38-39-40-41-42-43-44-46-48-50-52-54-56-58-60-62-64-66-68-72(76)73-70(69-74)71(75)67-65-63-61-59-57-55-53-51-49-47-45-26-24-22-20-18-16-14-12-10-8-6-4-2/h5,7,11,13,17,19,23,25,28-29,49,51,57,59,65,67,70-71,74-75H,3-4,6,8-10,12,14-16,18,20-22,24,26-27,30-48,50,52-56,58,60-64,66,68-69H2,1-2H3,(H,73,76)/b7-5-,13-11-,19-17-,25-23-,29-28-,51-49+,59-57+,67-65+. The molecule has 4 nitrogen and oxygen atoms in total. The van der Waals surface area contributed by atoms with Gasteiger partial charge in [-0.3, -0.25) is 4.79 Å². The van der Waals surface area contributed by atoms with E-state index in [1.807, 2.05) is 6.08 Å². The second-order valence-electron chi connectivity index (χ2n) is 22.5. The summed E-state index contributed by atoms with van der Waals surface area (Å²) in [6.07, 6.45) is 99.1. The quantitative estimate of drug-likeness (QED) is 0.0420. The van der Waals surface area contributed by atoms with Crippen LogP contribution in [0.15, 0.2) is 97.2 Å². The molecule has 1 amide bonds. The molecule has 0 heterocycles. The van der Waals surface area contributed by atoms with Gasteiger partial charge in [-0.15, -0.1) is 0 Å². The number of carbonyl (C=O) groups is 1. The molecule has 0 aromatic heterocycles. The average molecular weight is 1060 g/mol. The molecule has 0 aromatic carbocycles. The van der Waals surface area contributed by atoms with Crippen LogP contribution < -0.4 is 5.32 Å². The van der Waals surface area contributed by atoms with E-state index in [0.717, 1.165) is 70.6 Å². The normalized spacial score (nSPS) is 13.4. The third-order valence-electron chi connectivity index (χ3n) is 15.0. The Labute approximate surface area is 474 Å². The van der Waals surface area contributed by atoms with Gasteiger partial charge in [-0.05, 0) is 89.9 Å². The highest BCUT2D eigenvalue weighted by atomic mass is 16.3. The number of aliphatic hydroxyl groups excluding tert-OH is 2. The molecule has 0 saturated heterocycles. The molecule has 76 heavy (non-hydrogen) atoms. The maximum atomic E-state index is 12.5. The monoisotopic (exact) mass is 1060 g/mol. The fraction of sp³-hybridized carbons (Fsp3) is 0.764. The van der Waals surface area contributed by atoms with E-state index in [4.69, 9.17) is 0 Å². The highest BCUT2D eigenvalue weighted by molar-refractivity contribution is 5.76. The number of hydrogen-bond donors (Lipinski definition) is 3. The van der Waals surface area contributed by atoms with E-state index < -0.39 is 12.1 Å². The third-order valence-corrected chi connectivity index (χ3v) is 15.0. The molecular weight excluding hydrogens is 927 g/mol. The van der Waals surface area contributed by atoms with Crippen molar-refractivity contribution in [3.8, 4) is 0 Å². The lowest BCUT2D eigenvalue weighted by Gasteiger charge is -2.19. The van der Waals surface area contributed by atoms with Crippen molar-refractivity contribution in [2.24, 2.45) is 0 Å². The van der Waals surface area contributed by atoms with Gasteiger partial charge in [0.1, 0.15) is 0 Å². The fourth-order valence-corrected chi connectivity index (χ4v) is 10.0. The number of aliphatic hydroxyl groups is 2. The van der Waals surface area contributed by atoms with Gasteiger partial charge in [0.2, 0.25) is 5.91 Å². The van der Waals surface area contributed by atoms with Crippen molar-refractivity contribution in [2.45, 2.75) is 347 Å². The van der Waals surface area contributed by atoms with Crippen molar-refractivity contribution >= 4 is 5.91 Å². The molecule has 2 atom stereocenters. The summed E-state index contributed by atoms with van der Waals surface area (Å²) in [5.41, 5.74) is 0. The van der Waals surface area contributed by atoms with Crippen LogP contribution in [0, 0.1) is 0 Å². The largest absolute Gasteiger partial charge is 0.394 e. The van der Waals surface area contributed by atoms with E-state index in [1.54, 1.807) is 6.08 Å². The Kier molecular flexibility index (Phi) is 64.2. The first kappa shape index (κ1) is 73.3. The smallest absolute Gasteiger partial charge is 0.220 e. The first-order valence-electron chi connectivity index (χ1n) is 33.5. The van der Waals surface area contributed by atoms with Crippen LogP contribution in [0.25, 0.3) is 0 Å². The van der Waals surface area contributed by atoms with Gasteiger partial charge in [-0.2, -0.15) is 0 Å². The molecule has 0 aliphatic rings. The molecule has 0 spiro atoms. The summed E-state index contributed by atoms with van der Waals surface area (Å²) in [5.74, 6) is -0.0740. The van der Waals surface area contributed by atoms with Gasteiger partial charge < -0.3 is 15.5 Å². The number of allylic oxidation sites excluding steroid dienone is 15. The fourth-order valence-electron chi connectivity index (χ4n) is 10.0. The van der Waals surface area contributed by atoms with Crippen molar-refractivity contribution in [2.75, 3.05) is 6.61 Å². The van der Waals surface area contributed by atoms with E-state index in [9.17, 15) is 15.0 Å². The minimum absolute atomic E-state index is 0.0740. The molecule has 0 aliphatic carbocycles. The van der Waals surface area contributed by atoms with Gasteiger partial charge >= 0.3 is 0 Å². The molecule has 0 aliphatic heterocycles. The SMILES string of the molecule is CC/C=C\C/C=C\C/C=C\C/C=C\C/C=C\CCCCCCCCCCCCCCCCCCCCCCCCCCCC(=O)NC(CO)C(O)/C=C/CC/C=C/CC/C=C/CCCCCCCCCCCCCCC. The number of hydrogen-bond acceptors (Lipinski definition) is 3. The maximum Gasteiger partial charge on any atom is 0.220 e. The summed E-state index contributed by atoms with van der Waals surface area (Å²) in [4.78, 5) is 12.5. The number of rotatable bonds is 61. The molecule has 0 saturated carbocycles. The molecule has 440 valence electrons. The van der Waals surface area contributed by atoms with Crippen LogP contribution in [0.5, 0.6) is 0 Å². The van der Waals surface area contributed by atoms with E-state index in [2.05, 4.69) is 104 Å². The molecule has 2 unspecified atom stereocenters. The lowest BCUT2D eigenvalue weighted by molar-refractivity contribution is -0.123. The topological polar surface area (TPSA) is 69.6 Å². The van der Waals surface area contributed by atoms with Crippen molar-refractivity contribution in [3.05, 3.63) is 97.2 Å². The molecule has 0 fully saturated rings. The molecule has 3 N–H and O–H groups in total. The van der Waals surface area contributed by atoms with Crippen LogP contribution in [0.3, 0.4) is 0 Å². The Morgan fingerprint density at radius 2 is 0.592 bits per heavy atom. The van der Waals surface area contributed by atoms with Crippen LogP contribution >= 0.6 is 0 Å². The molecule has 0 radical (unpaired) electrons. The van der Waals surface area contributed by atoms with Crippen molar-refractivity contribution in [1.82, 2.24) is 5.32 Å². The summed E-state index contributed by atoms with van der Waals surface area (Å²) >= 11 is 0. The number of carbonyl (C=O) groups excluding carboxylic acids is 1. The Hall–Kier alpha value is -2.69. The van der Waals surface area contributed by atoms with E-state index in [-0.39, 0.29) is 12.5 Å².